The zero-order chi connectivity index (χ0) is 17.6. The predicted octanol–water partition coefficient (Wildman–Crippen LogP) is 3.12. The number of nitrogens with one attached hydrogen (secondary N) is 2. The molecule has 6 nitrogen and oxygen atoms in total. The lowest BCUT2D eigenvalue weighted by Crippen LogP contribution is -2.34. The normalized spacial score (nSPS) is 12.0. The molecular formula is C18H15N5OS. The third-order valence-corrected chi connectivity index (χ3v) is 4.42. The van der Waals surface area contributed by atoms with E-state index in [4.69, 9.17) is 5.26 Å². The molecule has 0 bridgehead atoms. The summed E-state index contributed by atoms with van der Waals surface area (Å²) in [5.74, 6) is -0.260. The van der Waals surface area contributed by atoms with Gasteiger partial charge in [-0.2, -0.15) is 10.4 Å². The summed E-state index contributed by atoms with van der Waals surface area (Å²) in [5.41, 5.74) is 4.77. The lowest BCUT2D eigenvalue weighted by Gasteiger charge is -2.10. The maximum absolute atomic E-state index is 12.1. The van der Waals surface area contributed by atoms with Crippen LogP contribution in [0.1, 0.15) is 18.1 Å². The van der Waals surface area contributed by atoms with E-state index in [2.05, 4.69) is 20.8 Å². The van der Waals surface area contributed by atoms with Crippen LogP contribution in [0.25, 0.3) is 10.2 Å². The molecule has 0 saturated heterocycles. The number of hydrazone groups is 1. The van der Waals surface area contributed by atoms with Crippen molar-refractivity contribution in [2.75, 3.05) is 5.32 Å². The van der Waals surface area contributed by atoms with Crippen LogP contribution in [0, 0.1) is 11.3 Å². The Morgan fingerprint density at radius 3 is 2.76 bits per heavy atom. The molecule has 2 aromatic carbocycles. The average molecular weight is 349 g/mol. The molecule has 1 amide bonds. The minimum atomic E-state index is -0.473. The average Bonchev–Trinajstić information content (AvgIpc) is 3.04. The van der Waals surface area contributed by atoms with Crippen molar-refractivity contribution in [3.05, 3.63) is 59.7 Å². The monoisotopic (exact) mass is 349 g/mol. The molecule has 0 aliphatic heterocycles. The Labute approximate surface area is 148 Å². The summed E-state index contributed by atoms with van der Waals surface area (Å²) in [6.07, 6.45) is 1.53. The van der Waals surface area contributed by atoms with Gasteiger partial charge in [0.1, 0.15) is 6.04 Å². The minimum Gasteiger partial charge on any atom is -0.350 e. The Morgan fingerprint density at radius 2 is 2.04 bits per heavy atom. The Bertz CT molecular complexity index is 923. The van der Waals surface area contributed by atoms with E-state index < -0.39 is 6.04 Å². The standard InChI is InChI=1S/C18H15N5OS/c1-12(21-18-22-15-4-2-3-5-16(15)25-18)17(24)23-20-11-14-8-6-13(10-19)7-9-14/h2-9,11-12H,1H3,(H,21,22)(H,23,24)/b20-11-/t12-/m0/s1. The number of carbonyl (C=O) groups excluding carboxylic acids is 1. The van der Waals surface area contributed by atoms with Crippen LogP contribution in [0.3, 0.4) is 0 Å². The molecule has 1 atom stereocenters. The van der Waals surface area contributed by atoms with Crippen molar-refractivity contribution < 1.29 is 4.79 Å². The van der Waals surface area contributed by atoms with E-state index in [1.165, 1.54) is 17.6 Å². The van der Waals surface area contributed by atoms with Gasteiger partial charge in [0.2, 0.25) is 0 Å². The highest BCUT2D eigenvalue weighted by molar-refractivity contribution is 7.22. The van der Waals surface area contributed by atoms with E-state index in [-0.39, 0.29) is 5.91 Å². The number of anilines is 1. The molecule has 0 unspecified atom stereocenters. The van der Waals surface area contributed by atoms with Crippen LogP contribution in [0.4, 0.5) is 5.13 Å². The highest BCUT2D eigenvalue weighted by Gasteiger charge is 2.14. The van der Waals surface area contributed by atoms with Gasteiger partial charge in [-0.25, -0.2) is 10.4 Å². The molecule has 0 radical (unpaired) electrons. The molecule has 0 saturated carbocycles. The summed E-state index contributed by atoms with van der Waals surface area (Å²) in [7, 11) is 0. The van der Waals surface area contributed by atoms with Crippen LogP contribution in [0.2, 0.25) is 0 Å². The number of carbonyl (C=O) groups is 1. The van der Waals surface area contributed by atoms with Gasteiger partial charge in [-0.15, -0.1) is 0 Å². The van der Waals surface area contributed by atoms with Gasteiger partial charge in [0.05, 0.1) is 28.1 Å². The van der Waals surface area contributed by atoms with E-state index >= 15 is 0 Å². The first kappa shape index (κ1) is 16.6. The molecule has 2 N–H and O–H groups in total. The lowest BCUT2D eigenvalue weighted by molar-refractivity contribution is -0.121. The quantitative estimate of drug-likeness (QED) is 0.547. The summed E-state index contributed by atoms with van der Waals surface area (Å²) in [6, 6.07) is 16.3. The van der Waals surface area contributed by atoms with Crippen LogP contribution < -0.4 is 10.7 Å². The number of benzene rings is 2. The maximum atomic E-state index is 12.1. The maximum Gasteiger partial charge on any atom is 0.262 e. The van der Waals surface area contributed by atoms with Crippen molar-refractivity contribution in [3.8, 4) is 6.07 Å². The highest BCUT2D eigenvalue weighted by Crippen LogP contribution is 2.25. The number of nitriles is 1. The summed E-state index contributed by atoms with van der Waals surface area (Å²) < 4.78 is 1.07. The molecule has 3 aromatic rings. The van der Waals surface area contributed by atoms with Gasteiger partial charge < -0.3 is 5.32 Å². The van der Waals surface area contributed by atoms with Crippen LogP contribution in [0.15, 0.2) is 53.6 Å². The predicted molar refractivity (Wildman–Crippen MR) is 99.6 cm³/mol. The van der Waals surface area contributed by atoms with E-state index in [1.807, 2.05) is 30.3 Å². The molecular weight excluding hydrogens is 334 g/mol. The largest absolute Gasteiger partial charge is 0.350 e. The number of para-hydroxylation sites is 1. The SMILES string of the molecule is C[C@H](Nc1nc2ccccc2s1)C(=O)N/N=C\c1ccc(C#N)cc1. The summed E-state index contributed by atoms with van der Waals surface area (Å²) >= 11 is 1.50. The first-order valence-corrected chi connectivity index (χ1v) is 8.42. The molecule has 0 fully saturated rings. The Kier molecular flexibility index (Phi) is 5.02. The van der Waals surface area contributed by atoms with Crippen LogP contribution in [-0.2, 0) is 4.79 Å². The van der Waals surface area contributed by atoms with Gasteiger partial charge in [0.15, 0.2) is 5.13 Å². The second kappa shape index (κ2) is 7.55. The van der Waals surface area contributed by atoms with Crippen LogP contribution in [0.5, 0.6) is 0 Å². The van der Waals surface area contributed by atoms with Crippen molar-refractivity contribution in [1.82, 2.24) is 10.4 Å². The number of nitrogens with zero attached hydrogens (tertiary/aromatic N) is 3. The number of rotatable bonds is 5. The number of hydrogen-bond donors (Lipinski definition) is 2. The molecule has 25 heavy (non-hydrogen) atoms. The fourth-order valence-corrected chi connectivity index (χ4v) is 3.05. The van der Waals surface area contributed by atoms with E-state index in [9.17, 15) is 4.79 Å². The molecule has 3 rings (SSSR count). The second-order valence-corrected chi connectivity index (χ2v) is 6.35. The molecule has 1 aromatic heterocycles. The first-order chi connectivity index (χ1) is 12.2. The fourth-order valence-electron chi connectivity index (χ4n) is 2.10. The second-order valence-electron chi connectivity index (χ2n) is 5.32. The number of amides is 1. The van der Waals surface area contributed by atoms with Crippen molar-refractivity contribution in [1.29, 1.82) is 5.26 Å². The molecule has 7 heteroatoms. The number of hydrogen-bond acceptors (Lipinski definition) is 6. The zero-order valence-electron chi connectivity index (χ0n) is 13.4. The van der Waals surface area contributed by atoms with Gasteiger partial charge in [0, 0.05) is 0 Å². The Hall–Kier alpha value is -3.24. The zero-order valence-corrected chi connectivity index (χ0v) is 14.2. The first-order valence-electron chi connectivity index (χ1n) is 7.61. The third kappa shape index (κ3) is 4.19. The van der Waals surface area contributed by atoms with Crippen molar-refractivity contribution in [2.24, 2.45) is 5.10 Å². The third-order valence-electron chi connectivity index (χ3n) is 3.46. The highest BCUT2D eigenvalue weighted by atomic mass is 32.1. The van der Waals surface area contributed by atoms with Gasteiger partial charge in [-0.05, 0) is 36.8 Å². The van der Waals surface area contributed by atoms with Crippen LogP contribution >= 0.6 is 11.3 Å². The molecule has 1 heterocycles. The van der Waals surface area contributed by atoms with E-state index in [1.54, 1.807) is 31.2 Å². The van der Waals surface area contributed by atoms with E-state index in [0.29, 0.717) is 10.7 Å². The van der Waals surface area contributed by atoms with Crippen LogP contribution in [-0.4, -0.2) is 23.1 Å². The van der Waals surface area contributed by atoms with Gasteiger partial charge in [0.25, 0.3) is 5.91 Å². The van der Waals surface area contributed by atoms with Crippen molar-refractivity contribution in [3.63, 3.8) is 0 Å². The van der Waals surface area contributed by atoms with Crippen molar-refractivity contribution in [2.45, 2.75) is 13.0 Å². The van der Waals surface area contributed by atoms with Gasteiger partial charge >= 0.3 is 0 Å². The van der Waals surface area contributed by atoms with Gasteiger partial charge in [-0.3, -0.25) is 4.79 Å². The number of thiazole rings is 1. The number of aromatic nitrogens is 1. The summed E-state index contributed by atoms with van der Waals surface area (Å²) in [4.78, 5) is 16.5. The lowest BCUT2D eigenvalue weighted by atomic mass is 10.2. The molecule has 124 valence electrons. The molecule has 0 aliphatic rings. The minimum absolute atomic E-state index is 0.260. The molecule has 0 spiro atoms. The van der Waals surface area contributed by atoms with Gasteiger partial charge in [-0.1, -0.05) is 35.6 Å². The summed E-state index contributed by atoms with van der Waals surface area (Å²) in [6.45, 7) is 1.75. The topological polar surface area (TPSA) is 90.2 Å². The van der Waals surface area contributed by atoms with Crippen molar-refractivity contribution >= 4 is 38.8 Å². The van der Waals surface area contributed by atoms with E-state index in [0.717, 1.165) is 15.8 Å². The fraction of sp³-hybridized carbons (Fsp3) is 0.111. The Balaban J connectivity index is 1.56. The Morgan fingerprint density at radius 1 is 1.28 bits per heavy atom. The molecule has 0 aliphatic carbocycles. The summed E-state index contributed by atoms with van der Waals surface area (Å²) in [5, 5.41) is 16.5. The number of fused-ring (bicyclic) bond motifs is 1. The smallest absolute Gasteiger partial charge is 0.262 e.